The van der Waals surface area contributed by atoms with Crippen LogP contribution in [0, 0.1) is 5.82 Å². The zero-order valence-electron chi connectivity index (χ0n) is 8.58. The van der Waals surface area contributed by atoms with Crippen molar-refractivity contribution in [1.82, 2.24) is 0 Å². The lowest BCUT2D eigenvalue weighted by atomic mass is 10.2. The van der Waals surface area contributed by atoms with Gasteiger partial charge in [-0.25, -0.2) is 4.39 Å². The van der Waals surface area contributed by atoms with E-state index in [2.05, 4.69) is 15.9 Å². The van der Waals surface area contributed by atoms with Crippen LogP contribution < -0.4 is 10.6 Å². The van der Waals surface area contributed by atoms with Gasteiger partial charge in [-0.2, -0.15) is 0 Å². The predicted molar refractivity (Wildman–Crippen MR) is 70.9 cm³/mol. The third-order valence-corrected chi connectivity index (χ3v) is 3.98. The molecule has 0 aliphatic heterocycles. The minimum Gasteiger partial charge on any atom is -0.395 e. The summed E-state index contributed by atoms with van der Waals surface area (Å²) in [6.07, 6.45) is 0. The molecule has 2 aromatic rings. The van der Waals surface area contributed by atoms with Crippen LogP contribution in [-0.4, -0.2) is 7.05 Å². The molecule has 0 radical (unpaired) electrons. The number of nitrogens with two attached hydrogens (primary N) is 1. The molecule has 0 aliphatic carbocycles. The van der Waals surface area contributed by atoms with Crippen LogP contribution in [0.4, 0.5) is 20.8 Å². The summed E-state index contributed by atoms with van der Waals surface area (Å²) in [5, 5.41) is 1.00. The number of halogens is 2. The van der Waals surface area contributed by atoms with Gasteiger partial charge in [-0.1, -0.05) is 6.07 Å². The lowest BCUT2D eigenvalue weighted by Gasteiger charge is -2.19. The van der Waals surface area contributed by atoms with Gasteiger partial charge >= 0.3 is 0 Å². The first-order valence-electron chi connectivity index (χ1n) is 4.62. The molecule has 16 heavy (non-hydrogen) atoms. The maximum atomic E-state index is 13.3. The van der Waals surface area contributed by atoms with Crippen molar-refractivity contribution in [3.8, 4) is 0 Å². The molecule has 2 rings (SSSR count). The van der Waals surface area contributed by atoms with Crippen molar-refractivity contribution in [2.75, 3.05) is 17.7 Å². The molecular formula is C11H10BrFN2S. The molecule has 1 aromatic carbocycles. The largest absolute Gasteiger partial charge is 0.395 e. The van der Waals surface area contributed by atoms with Gasteiger partial charge in [0.05, 0.1) is 20.2 Å². The van der Waals surface area contributed by atoms with E-state index >= 15 is 0 Å². The van der Waals surface area contributed by atoms with E-state index in [1.54, 1.807) is 23.5 Å². The number of para-hydroxylation sites is 1. The van der Waals surface area contributed by atoms with Crippen molar-refractivity contribution in [2.45, 2.75) is 0 Å². The molecular weight excluding hydrogens is 291 g/mol. The summed E-state index contributed by atoms with van der Waals surface area (Å²) in [5.41, 5.74) is 6.55. The Hall–Kier alpha value is -1.07. The van der Waals surface area contributed by atoms with Crippen LogP contribution in [0.25, 0.3) is 0 Å². The van der Waals surface area contributed by atoms with E-state index < -0.39 is 0 Å². The van der Waals surface area contributed by atoms with Crippen molar-refractivity contribution in [3.05, 3.63) is 39.9 Å². The van der Waals surface area contributed by atoms with Gasteiger partial charge in [-0.15, -0.1) is 11.3 Å². The van der Waals surface area contributed by atoms with E-state index in [-0.39, 0.29) is 11.5 Å². The van der Waals surface area contributed by atoms with E-state index in [0.717, 1.165) is 8.79 Å². The standard InChI is InChI=1S/C11H10BrFN2S/c1-15(10-6-5-9(12)16-10)8-4-2-3-7(13)11(8)14/h2-6H,14H2,1H3. The average molecular weight is 301 g/mol. The molecule has 5 heteroatoms. The third kappa shape index (κ3) is 2.05. The van der Waals surface area contributed by atoms with Crippen LogP contribution >= 0.6 is 27.3 Å². The quantitative estimate of drug-likeness (QED) is 0.850. The van der Waals surface area contributed by atoms with Crippen LogP contribution in [0.2, 0.25) is 0 Å². The second-order valence-corrected chi connectivity index (χ2v) is 5.75. The van der Waals surface area contributed by atoms with E-state index in [9.17, 15) is 4.39 Å². The summed E-state index contributed by atoms with van der Waals surface area (Å²) in [4.78, 5) is 1.87. The first-order chi connectivity index (χ1) is 7.59. The van der Waals surface area contributed by atoms with E-state index in [1.165, 1.54) is 6.07 Å². The molecule has 0 spiro atoms. The summed E-state index contributed by atoms with van der Waals surface area (Å²) in [5.74, 6) is -0.389. The predicted octanol–water partition coefficient (Wildman–Crippen LogP) is 4.00. The van der Waals surface area contributed by atoms with Gasteiger partial charge in [0, 0.05) is 7.05 Å². The summed E-state index contributed by atoms with van der Waals surface area (Å²) in [6, 6.07) is 8.72. The Morgan fingerprint density at radius 2 is 2.06 bits per heavy atom. The normalized spacial score (nSPS) is 10.4. The maximum Gasteiger partial charge on any atom is 0.148 e. The molecule has 2 nitrogen and oxygen atoms in total. The number of nitrogen functional groups attached to an aromatic ring is 1. The number of thiophene rings is 1. The van der Waals surface area contributed by atoms with Crippen molar-refractivity contribution in [1.29, 1.82) is 0 Å². The molecule has 0 aliphatic rings. The van der Waals surface area contributed by atoms with E-state index in [0.29, 0.717) is 5.69 Å². The smallest absolute Gasteiger partial charge is 0.148 e. The van der Waals surface area contributed by atoms with Gasteiger partial charge in [0.15, 0.2) is 0 Å². The Kier molecular flexibility index (Phi) is 3.16. The zero-order chi connectivity index (χ0) is 11.7. The van der Waals surface area contributed by atoms with Gasteiger partial charge in [0.2, 0.25) is 0 Å². The number of benzene rings is 1. The first kappa shape index (κ1) is 11.4. The SMILES string of the molecule is CN(c1ccc(Br)s1)c1cccc(F)c1N. The molecule has 1 heterocycles. The fourth-order valence-electron chi connectivity index (χ4n) is 1.42. The molecule has 0 atom stereocenters. The van der Waals surface area contributed by atoms with Crippen molar-refractivity contribution in [3.63, 3.8) is 0 Å². The molecule has 0 unspecified atom stereocenters. The highest BCUT2D eigenvalue weighted by atomic mass is 79.9. The molecule has 2 N–H and O–H groups in total. The zero-order valence-corrected chi connectivity index (χ0v) is 11.0. The highest BCUT2D eigenvalue weighted by molar-refractivity contribution is 9.11. The van der Waals surface area contributed by atoms with Crippen molar-refractivity contribution >= 4 is 43.6 Å². The van der Waals surface area contributed by atoms with E-state index in [4.69, 9.17) is 5.73 Å². The van der Waals surface area contributed by atoms with Crippen molar-refractivity contribution in [2.24, 2.45) is 0 Å². The summed E-state index contributed by atoms with van der Waals surface area (Å²) >= 11 is 4.96. The van der Waals surface area contributed by atoms with Crippen molar-refractivity contribution < 1.29 is 4.39 Å². The third-order valence-electron chi connectivity index (χ3n) is 2.28. The molecule has 0 amide bonds. The van der Waals surface area contributed by atoms with Gasteiger partial charge in [0.1, 0.15) is 5.82 Å². The van der Waals surface area contributed by atoms with Crippen LogP contribution in [0.3, 0.4) is 0 Å². The highest BCUT2D eigenvalue weighted by Crippen LogP contribution is 2.36. The Bertz CT molecular complexity index is 512. The fourth-order valence-corrected chi connectivity index (χ4v) is 2.76. The molecule has 0 fully saturated rings. The number of hydrogen-bond acceptors (Lipinski definition) is 3. The number of nitrogens with zero attached hydrogens (tertiary/aromatic N) is 1. The minimum absolute atomic E-state index is 0.175. The summed E-state index contributed by atoms with van der Waals surface area (Å²) in [6.45, 7) is 0. The number of anilines is 3. The van der Waals surface area contributed by atoms with Crippen LogP contribution in [-0.2, 0) is 0 Å². The summed E-state index contributed by atoms with van der Waals surface area (Å²) in [7, 11) is 1.86. The lowest BCUT2D eigenvalue weighted by molar-refractivity contribution is 0.632. The average Bonchev–Trinajstić information content (AvgIpc) is 2.68. The molecule has 84 valence electrons. The van der Waals surface area contributed by atoms with Gasteiger partial charge in [-0.3, -0.25) is 0 Å². The monoisotopic (exact) mass is 300 g/mol. The second-order valence-electron chi connectivity index (χ2n) is 3.31. The first-order valence-corrected chi connectivity index (χ1v) is 6.23. The highest BCUT2D eigenvalue weighted by Gasteiger charge is 2.11. The van der Waals surface area contributed by atoms with Crippen LogP contribution in [0.5, 0.6) is 0 Å². The molecule has 1 aromatic heterocycles. The molecule has 0 saturated carbocycles. The van der Waals surface area contributed by atoms with E-state index in [1.807, 2.05) is 24.1 Å². The fraction of sp³-hybridized carbons (Fsp3) is 0.0909. The Morgan fingerprint density at radius 3 is 2.69 bits per heavy atom. The Balaban J connectivity index is 2.41. The van der Waals surface area contributed by atoms with Crippen LogP contribution in [0.1, 0.15) is 0 Å². The van der Waals surface area contributed by atoms with Crippen LogP contribution in [0.15, 0.2) is 34.1 Å². The number of rotatable bonds is 2. The number of hydrogen-bond donors (Lipinski definition) is 1. The maximum absolute atomic E-state index is 13.3. The summed E-state index contributed by atoms with van der Waals surface area (Å²) < 4.78 is 14.3. The van der Waals surface area contributed by atoms with Gasteiger partial charge in [0.25, 0.3) is 0 Å². The van der Waals surface area contributed by atoms with Gasteiger partial charge in [-0.05, 0) is 40.2 Å². The Morgan fingerprint density at radius 1 is 1.31 bits per heavy atom. The lowest BCUT2D eigenvalue weighted by Crippen LogP contribution is -2.10. The minimum atomic E-state index is -0.389. The topological polar surface area (TPSA) is 29.3 Å². The second kappa shape index (κ2) is 4.43. The Labute approximate surface area is 106 Å². The van der Waals surface area contributed by atoms with Gasteiger partial charge < -0.3 is 10.6 Å². The molecule has 0 saturated heterocycles. The molecule has 0 bridgehead atoms.